The standard InChI is InChI=1S/C16H30O4S3/c1-3-4-5-6-7-8-9-10-13(21)16(22,23)15(19)20-12(2)11-14(17)18/h12-13,21-23H,3-11H2,1-2H3,(H,17,18). The van der Waals surface area contributed by atoms with Gasteiger partial charge < -0.3 is 9.84 Å². The van der Waals surface area contributed by atoms with Crippen molar-refractivity contribution < 1.29 is 19.4 Å². The minimum absolute atomic E-state index is 0.238. The molecule has 0 aliphatic heterocycles. The van der Waals surface area contributed by atoms with Crippen molar-refractivity contribution in [3.8, 4) is 0 Å². The molecule has 0 saturated carbocycles. The fourth-order valence-corrected chi connectivity index (χ4v) is 2.84. The van der Waals surface area contributed by atoms with Crippen LogP contribution in [0.2, 0.25) is 0 Å². The number of carbonyl (C=O) groups excluding carboxylic acids is 1. The van der Waals surface area contributed by atoms with Gasteiger partial charge in [-0.3, -0.25) is 4.79 Å². The van der Waals surface area contributed by atoms with Crippen molar-refractivity contribution in [2.24, 2.45) is 0 Å². The molecule has 0 amide bonds. The maximum Gasteiger partial charge on any atom is 0.333 e. The van der Waals surface area contributed by atoms with E-state index < -0.39 is 22.1 Å². The Morgan fingerprint density at radius 1 is 1.09 bits per heavy atom. The average Bonchev–Trinajstić information content (AvgIpc) is 2.44. The molecule has 0 rings (SSSR count). The second-order valence-corrected chi connectivity index (χ2v) is 8.35. The molecule has 0 bridgehead atoms. The molecule has 0 radical (unpaired) electrons. The number of hydrogen-bond acceptors (Lipinski definition) is 6. The highest BCUT2D eigenvalue weighted by atomic mass is 32.2. The third-order valence-corrected chi connectivity index (χ3v) is 5.66. The van der Waals surface area contributed by atoms with Crippen LogP contribution in [0.5, 0.6) is 0 Å². The highest BCUT2D eigenvalue weighted by Gasteiger charge is 2.39. The van der Waals surface area contributed by atoms with E-state index in [-0.39, 0.29) is 11.7 Å². The van der Waals surface area contributed by atoms with Crippen LogP contribution in [-0.4, -0.2) is 32.5 Å². The number of unbranched alkanes of at least 4 members (excludes halogenated alkanes) is 6. The summed E-state index contributed by atoms with van der Waals surface area (Å²) in [4.78, 5) is 22.7. The summed E-state index contributed by atoms with van der Waals surface area (Å²) in [5, 5.41) is 8.33. The Hall–Kier alpha value is -0.0100. The second kappa shape index (κ2) is 12.4. The molecule has 0 saturated heterocycles. The smallest absolute Gasteiger partial charge is 0.333 e. The van der Waals surface area contributed by atoms with E-state index in [1.54, 1.807) is 0 Å². The molecular formula is C16H30O4S3. The van der Waals surface area contributed by atoms with Crippen molar-refractivity contribution >= 4 is 49.8 Å². The minimum atomic E-state index is -1.32. The number of carboxylic acids is 1. The number of thiol groups is 3. The lowest BCUT2D eigenvalue weighted by molar-refractivity contribution is -0.152. The molecule has 0 heterocycles. The first-order chi connectivity index (χ1) is 10.7. The number of aliphatic carboxylic acids is 1. The molecule has 1 N–H and O–H groups in total. The Kier molecular flexibility index (Phi) is 12.4. The monoisotopic (exact) mass is 382 g/mol. The van der Waals surface area contributed by atoms with E-state index in [2.05, 4.69) is 44.8 Å². The number of carbonyl (C=O) groups is 2. The Morgan fingerprint density at radius 3 is 2.13 bits per heavy atom. The summed E-state index contributed by atoms with van der Waals surface area (Å²) < 4.78 is 3.78. The van der Waals surface area contributed by atoms with Gasteiger partial charge in [-0.1, -0.05) is 51.9 Å². The van der Waals surface area contributed by atoms with E-state index in [0.717, 1.165) is 12.8 Å². The molecule has 2 atom stereocenters. The van der Waals surface area contributed by atoms with E-state index in [0.29, 0.717) is 6.42 Å². The maximum atomic E-state index is 12.1. The molecular weight excluding hydrogens is 352 g/mol. The van der Waals surface area contributed by atoms with Crippen molar-refractivity contribution in [2.45, 2.75) is 87.1 Å². The zero-order valence-electron chi connectivity index (χ0n) is 14.0. The minimum Gasteiger partial charge on any atom is -0.481 e. The first kappa shape index (κ1) is 23.0. The van der Waals surface area contributed by atoms with Gasteiger partial charge in [-0.2, -0.15) is 12.6 Å². The lowest BCUT2D eigenvalue weighted by Gasteiger charge is -2.28. The van der Waals surface area contributed by atoms with Crippen molar-refractivity contribution in [1.29, 1.82) is 0 Å². The van der Waals surface area contributed by atoms with E-state index in [4.69, 9.17) is 9.84 Å². The zero-order valence-corrected chi connectivity index (χ0v) is 16.7. The number of esters is 1. The van der Waals surface area contributed by atoms with Gasteiger partial charge in [0.25, 0.3) is 0 Å². The fraction of sp³-hybridized carbons (Fsp3) is 0.875. The van der Waals surface area contributed by atoms with E-state index in [9.17, 15) is 9.59 Å². The Labute approximate surface area is 156 Å². The van der Waals surface area contributed by atoms with E-state index in [1.807, 2.05) is 0 Å². The van der Waals surface area contributed by atoms with Crippen LogP contribution in [0.3, 0.4) is 0 Å². The largest absolute Gasteiger partial charge is 0.481 e. The Bertz CT molecular complexity index is 361. The molecule has 4 nitrogen and oxygen atoms in total. The molecule has 136 valence electrons. The van der Waals surface area contributed by atoms with Gasteiger partial charge in [0.15, 0.2) is 4.08 Å². The van der Waals surface area contributed by atoms with Crippen LogP contribution in [0, 0.1) is 0 Å². The molecule has 0 spiro atoms. The molecule has 0 aromatic carbocycles. The van der Waals surface area contributed by atoms with Crippen LogP contribution in [-0.2, 0) is 14.3 Å². The Morgan fingerprint density at radius 2 is 1.61 bits per heavy atom. The van der Waals surface area contributed by atoms with Gasteiger partial charge in [-0.05, 0) is 13.3 Å². The maximum absolute atomic E-state index is 12.1. The molecule has 7 heteroatoms. The lowest BCUT2D eigenvalue weighted by atomic mass is 10.1. The first-order valence-electron chi connectivity index (χ1n) is 8.27. The van der Waals surface area contributed by atoms with Crippen LogP contribution in [0.25, 0.3) is 0 Å². The number of hydrogen-bond donors (Lipinski definition) is 4. The number of ether oxygens (including phenoxy) is 1. The van der Waals surface area contributed by atoms with E-state index >= 15 is 0 Å². The molecule has 0 aliphatic carbocycles. The summed E-state index contributed by atoms with van der Waals surface area (Å²) in [6.07, 6.45) is 8.05. The van der Waals surface area contributed by atoms with Crippen molar-refractivity contribution in [3.05, 3.63) is 0 Å². The summed E-state index contributed by atoms with van der Waals surface area (Å²) in [5.41, 5.74) is 0. The number of carboxylic acid groups (broad SMARTS) is 1. The zero-order chi connectivity index (χ0) is 17.9. The lowest BCUT2D eigenvalue weighted by Crippen LogP contribution is -2.39. The molecule has 0 fully saturated rings. The summed E-state index contributed by atoms with van der Waals surface area (Å²) in [7, 11) is 0. The summed E-state index contributed by atoms with van der Waals surface area (Å²) >= 11 is 13.0. The molecule has 0 aromatic heterocycles. The van der Waals surface area contributed by atoms with Crippen LogP contribution >= 0.6 is 37.9 Å². The molecule has 23 heavy (non-hydrogen) atoms. The third kappa shape index (κ3) is 10.5. The van der Waals surface area contributed by atoms with Crippen molar-refractivity contribution in [1.82, 2.24) is 0 Å². The molecule has 0 aromatic rings. The van der Waals surface area contributed by atoms with Crippen molar-refractivity contribution in [3.63, 3.8) is 0 Å². The van der Waals surface area contributed by atoms with Gasteiger partial charge in [-0.15, -0.1) is 25.3 Å². The SMILES string of the molecule is CCCCCCCCCC(S)C(S)(S)C(=O)OC(C)CC(=O)O. The highest BCUT2D eigenvalue weighted by Crippen LogP contribution is 2.33. The van der Waals surface area contributed by atoms with Gasteiger partial charge in [0, 0.05) is 5.25 Å². The second-order valence-electron chi connectivity index (χ2n) is 5.97. The van der Waals surface area contributed by atoms with Gasteiger partial charge in [0.2, 0.25) is 0 Å². The topological polar surface area (TPSA) is 63.6 Å². The predicted molar refractivity (Wildman–Crippen MR) is 104 cm³/mol. The first-order valence-corrected chi connectivity index (χ1v) is 9.68. The van der Waals surface area contributed by atoms with E-state index in [1.165, 1.54) is 39.0 Å². The van der Waals surface area contributed by atoms with Crippen LogP contribution in [0.15, 0.2) is 0 Å². The van der Waals surface area contributed by atoms with Gasteiger partial charge >= 0.3 is 11.9 Å². The van der Waals surface area contributed by atoms with Gasteiger partial charge in [0.05, 0.1) is 6.42 Å². The van der Waals surface area contributed by atoms with Crippen LogP contribution in [0.1, 0.15) is 71.6 Å². The predicted octanol–water partition coefficient (Wildman–Crippen LogP) is 4.39. The highest BCUT2D eigenvalue weighted by molar-refractivity contribution is 8.03. The average molecular weight is 383 g/mol. The third-order valence-electron chi connectivity index (χ3n) is 3.62. The van der Waals surface area contributed by atoms with Crippen LogP contribution in [0.4, 0.5) is 0 Å². The van der Waals surface area contributed by atoms with Crippen LogP contribution < -0.4 is 0 Å². The summed E-state index contributed by atoms with van der Waals surface area (Å²) in [6, 6.07) is 0. The van der Waals surface area contributed by atoms with Gasteiger partial charge in [-0.25, -0.2) is 4.79 Å². The number of rotatable bonds is 13. The quantitative estimate of drug-likeness (QED) is 0.165. The molecule has 0 aliphatic rings. The van der Waals surface area contributed by atoms with Gasteiger partial charge in [0.1, 0.15) is 6.10 Å². The Balaban J connectivity index is 4.09. The molecule has 2 unspecified atom stereocenters. The summed E-state index contributed by atoms with van der Waals surface area (Å²) in [5.74, 6) is -1.65. The summed E-state index contributed by atoms with van der Waals surface area (Å²) in [6.45, 7) is 3.73. The normalized spacial score (nSPS) is 14.3. The fourth-order valence-electron chi connectivity index (χ4n) is 2.19. The van der Waals surface area contributed by atoms with Crippen molar-refractivity contribution in [2.75, 3.05) is 0 Å².